The lowest BCUT2D eigenvalue weighted by molar-refractivity contribution is -0.118. The van der Waals surface area contributed by atoms with Gasteiger partial charge >= 0.3 is 0 Å². The van der Waals surface area contributed by atoms with Crippen molar-refractivity contribution in [3.8, 4) is 0 Å². The highest BCUT2D eigenvalue weighted by Gasteiger charge is 2.22. The fraction of sp³-hybridized carbons (Fsp3) is 0.529. The van der Waals surface area contributed by atoms with Gasteiger partial charge in [0.2, 0.25) is 5.91 Å². The lowest BCUT2D eigenvalue weighted by Crippen LogP contribution is -2.48. The van der Waals surface area contributed by atoms with Gasteiger partial charge in [-0.05, 0) is 49.7 Å². The maximum Gasteiger partial charge on any atom is 0.251 e. The standard InChI is InChI=1S/C17H25N3O2/c1-11(2)16(21)19-14-6-4-13(5-7-14)17(22)20-15-8-9-18-10-12(15)3/h4-7,11-12,15,18H,8-10H2,1-3H3,(H,19,21)(H,20,22). The number of hydrogen-bond acceptors (Lipinski definition) is 3. The maximum atomic E-state index is 12.3. The lowest BCUT2D eigenvalue weighted by atomic mass is 9.95. The average molecular weight is 303 g/mol. The molecule has 2 atom stereocenters. The van der Waals surface area contributed by atoms with Crippen molar-refractivity contribution in [2.24, 2.45) is 11.8 Å². The number of carbonyl (C=O) groups is 2. The van der Waals surface area contributed by atoms with E-state index in [1.54, 1.807) is 24.3 Å². The SMILES string of the molecule is CC(C)C(=O)Nc1ccc(C(=O)NC2CCNCC2C)cc1. The molecule has 2 amide bonds. The van der Waals surface area contributed by atoms with E-state index in [1.165, 1.54) is 0 Å². The van der Waals surface area contributed by atoms with Gasteiger partial charge < -0.3 is 16.0 Å². The molecule has 0 spiro atoms. The van der Waals surface area contributed by atoms with Crippen LogP contribution in [0.4, 0.5) is 5.69 Å². The fourth-order valence-corrected chi connectivity index (χ4v) is 2.47. The molecular weight excluding hydrogens is 278 g/mol. The number of hydrogen-bond donors (Lipinski definition) is 3. The molecule has 1 aromatic rings. The van der Waals surface area contributed by atoms with Crippen LogP contribution in [0.3, 0.4) is 0 Å². The Labute approximate surface area is 131 Å². The average Bonchev–Trinajstić information content (AvgIpc) is 2.50. The highest BCUT2D eigenvalue weighted by molar-refractivity contribution is 5.96. The van der Waals surface area contributed by atoms with Crippen LogP contribution < -0.4 is 16.0 Å². The van der Waals surface area contributed by atoms with Crippen molar-refractivity contribution < 1.29 is 9.59 Å². The minimum absolute atomic E-state index is 0.0271. The Morgan fingerprint density at radius 2 is 1.91 bits per heavy atom. The van der Waals surface area contributed by atoms with Gasteiger partial charge in [-0.15, -0.1) is 0 Å². The van der Waals surface area contributed by atoms with E-state index in [1.807, 2.05) is 13.8 Å². The number of anilines is 1. The van der Waals surface area contributed by atoms with Crippen LogP contribution in [-0.4, -0.2) is 30.9 Å². The first-order valence-corrected chi connectivity index (χ1v) is 7.90. The van der Waals surface area contributed by atoms with E-state index in [0.717, 1.165) is 19.5 Å². The molecule has 2 rings (SSSR count). The first-order chi connectivity index (χ1) is 10.5. The Balaban J connectivity index is 1.94. The van der Waals surface area contributed by atoms with Gasteiger partial charge in [-0.1, -0.05) is 20.8 Å². The normalized spacial score (nSPS) is 21.5. The third-order valence-electron chi connectivity index (χ3n) is 4.04. The van der Waals surface area contributed by atoms with E-state index in [2.05, 4.69) is 22.9 Å². The summed E-state index contributed by atoms with van der Waals surface area (Å²) in [6.45, 7) is 7.71. The minimum atomic E-state index is -0.0654. The minimum Gasteiger partial charge on any atom is -0.349 e. The van der Waals surface area contributed by atoms with Crippen LogP contribution in [0.25, 0.3) is 0 Å². The Hall–Kier alpha value is -1.88. The molecule has 0 aliphatic carbocycles. The fourth-order valence-electron chi connectivity index (χ4n) is 2.47. The summed E-state index contributed by atoms with van der Waals surface area (Å²) < 4.78 is 0. The lowest BCUT2D eigenvalue weighted by Gasteiger charge is -2.30. The van der Waals surface area contributed by atoms with E-state index in [9.17, 15) is 9.59 Å². The summed E-state index contributed by atoms with van der Waals surface area (Å²) in [6.07, 6.45) is 0.954. The molecule has 0 bridgehead atoms. The van der Waals surface area contributed by atoms with E-state index in [0.29, 0.717) is 17.2 Å². The molecule has 22 heavy (non-hydrogen) atoms. The highest BCUT2D eigenvalue weighted by atomic mass is 16.2. The highest BCUT2D eigenvalue weighted by Crippen LogP contribution is 2.14. The zero-order chi connectivity index (χ0) is 16.1. The van der Waals surface area contributed by atoms with Gasteiger partial charge in [-0.3, -0.25) is 9.59 Å². The maximum absolute atomic E-state index is 12.3. The molecule has 1 aliphatic heterocycles. The molecule has 0 saturated carbocycles. The Morgan fingerprint density at radius 3 is 2.50 bits per heavy atom. The Bertz CT molecular complexity index is 525. The molecule has 1 saturated heterocycles. The van der Waals surface area contributed by atoms with Gasteiger partial charge in [0.1, 0.15) is 0 Å². The molecule has 5 heteroatoms. The number of amides is 2. The number of piperidine rings is 1. The molecule has 120 valence electrons. The number of benzene rings is 1. The molecule has 1 aliphatic rings. The molecule has 0 radical (unpaired) electrons. The zero-order valence-electron chi connectivity index (χ0n) is 13.5. The van der Waals surface area contributed by atoms with Crippen molar-refractivity contribution in [1.82, 2.24) is 10.6 Å². The first-order valence-electron chi connectivity index (χ1n) is 7.90. The Morgan fingerprint density at radius 1 is 1.23 bits per heavy atom. The Kier molecular flexibility index (Phi) is 5.55. The van der Waals surface area contributed by atoms with Crippen LogP contribution in [0.5, 0.6) is 0 Å². The van der Waals surface area contributed by atoms with E-state index >= 15 is 0 Å². The van der Waals surface area contributed by atoms with Crippen molar-refractivity contribution in [3.05, 3.63) is 29.8 Å². The van der Waals surface area contributed by atoms with Crippen molar-refractivity contribution >= 4 is 17.5 Å². The van der Waals surface area contributed by atoms with Crippen molar-refractivity contribution in [1.29, 1.82) is 0 Å². The van der Waals surface area contributed by atoms with Crippen LogP contribution in [0.15, 0.2) is 24.3 Å². The molecule has 5 nitrogen and oxygen atoms in total. The summed E-state index contributed by atoms with van der Waals surface area (Å²) in [6, 6.07) is 7.24. The largest absolute Gasteiger partial charge is 0.349 e. The first kappa shape index (κ1) is 16.5. The zero-order valence-corrected chi connectivity index (χ0v) is 13.5. The smallest absolute Gasteiger partial charge is 0.251 e. The predicted octanol–water partition coefficient (Wildman–Crippen LogP) is 2.01. The van der Waals surface area contributed by atoms with Crippen LogP contribution >= 0.6 is 0 Å². The summed E-state index contributed by atoms with van der Waals surface area (Å²) >= 11 is 0. The molecule has 3 N–H and O–H groups in total. The van der Waals surface area contributed by atoms with Crippen molar-refractivity contribution in [2.75, 3.05) is 18.4 Å². The summed E-state index contributed by atoms with van der Waals surface area (Å²) in [7, 11) is 0. The van der Waals surface area contributed by atoms with Gasteiger partial charge in [-0.25, -0.2) is 0 Å². The van der Waals surface area contributed by atoms with Gasteiger partial charge in [0.25, 0.3) is 5.91 Å². The van der Waals surface area contributed by atoms with Gasteiger partial charge in [-0.2, -0.15) is 0 Å². The van der Waals surface area contributed by atoms with Crippen molar-refractivity contribution in [3.63, 3.8) is 0 Å². The second-order valence-corrected chi connectivity index (χ2v) is 6.27. The second kappa shape index (κ2) is 7.40. The summed E-state index contributed by atoms with van der Waals surface area (Å²) in [5.74, 6) is 0.285. The van der Waals surface area contributed by atoms with Gasteiger partial charge in [0.15, 0.2) is 0 Å². The molecule has 1 fully saturated rings. The number of carbonyl (C=O) groups excluding carboxylic acids is 2. The van der Waals surface area contributed by atoms with Gasteiger partial charge in [0, 0.05) is 23.2 Å². The molecule has 0 aromatic heterocycles. The predicted molar refractivity (Wildman–Crippen MR) is 87.8 cm³/mol. The number of nitrogens with one attached hydrogen (secondary N) is 3. The van der Waals surface area contributed by atoms with E-state index in [4.69, 9.17) is 0 Å². The molecule has 1 heterocycles. The quantitative estimate of drug-likeness (QED) is 0.797. The van der Waals surface area contributed by atoms with Gasteiger partial charge in [0.05, 0.1) is 0 Å². The van der Waals surface area contributed by atoms with E-state index < -0.39 is 0 Å². The van der Waals surface area contributed by atoms with Crippen LogP contribution in [-0.2, 0) is 4.79 Å². The molecular formula is C17H25N3O2. The summed E-state index contributed by atoms with van der Waals surface area (Å²) in [5.41, 5.74) is 1.33. The van der Waals surface area contributed by atoms with E-state index in [-0.39, 0.29) is 23.8 Å². The van der Waals surface area contributed by atoms with Crippen molar-refractivity contribution in [2.45, 2.75) is 33.2 Å². The van der Waals surface area contributed by atoms with Crippen LogP contribution in [0, 0.1) is 11.8 Å². The monoisotopic (exact) mass is 303 g/mol. The second-order valence-electron chi connectivity index (χ2n) is 6.27. The topological polar surface area (TPSA) is 70.2 Å². The number of rotatable bonds is 4. The third kappa shape index (κ3) is 4.31. The van der Waals surface area contributed by atoms with Crippen LogP contribution in [0.2, 0.25) is 0 Å². The van der Waals surface area contributed by atoms with Crippen LogP contribution in [0.1, 0.15) is 37.6 Å². The molecule has 2 unspecified atom stereocenters. The molecule has 1 aromatic carbocycles. The third-order valence-corrected chi connectivity index (χ3v) is 4.04. The summed E-state index contributed by atoms with van der Waals surface area (Å²) in [4.78, 5) is 23.9. The summed E-state index contributed by atoms with van der Waals surface area (Å²) in [5, 5.41) is 9.23.